The molecular formula is C32H47FN2O3Si2. The predicted octanol–water partition coefficient (Wildman–Crippen LogP) is 5.66. The van der Waals surface area contributed by atoms with Crippen LogP contribution in [0, 0.1) is 11.3 Å². The Kier molecular flexibility index (Phi) is 8.88. The minimum absolute atomic E-state index is 0.00570. The van der Waals surface area contributed by atoms with Gasteiger partial charge in [-0.25, -0.2) is 4.39 Å². The average molecular weight is 583 g/mol. The molecule has 0 bridgehead atoms. The third-order valence-electron chi connectivity index (χ3n) is 9.35. The van der Waals surface area contributed by atoms with Gasteiger partial charge in [0.2, 0.25) is 0 Å². The molecule has 218 valence electrons. The lowest BCUT2D eigenvalue weighted by Gasteiger charge is -2.50. The molecule has 2 aliphatic heterocycles. The standard InChI is InChI=1S/C32H47FN2O3Si2/c1-30(2,3)39(7,8)37-28-19-20-35(21-27(28)33)32(23-34)24-36-22-29(32)38-40(31(4,5)6,25-15-11-9-12-16-25)26-17-13-10-14-18-26/h9-18,27-29H,19-22,24H2,1-8H3/t27-,28+,29+,32-/m1/s1. The molecule has 4 atom stereocenters. The first-order valence-electron chi connectivity index (χ1n) is 14.5. The zero-order valence-corrected chi connectivity index (χ0v) is 27.5. The Balaban J connectivity index is 1.68. The van der Waals surface area contributed by atoms with E-state index in [4.69, 9.17) is 13.6 Å². The van der Waals surface area contributed by atoms with Crippen molar-refractivity contribution in [2.45, 2.75) is 95.1 Å². The van der Waals surface area contributed by atoms with Crippen molar-refractivity contribution in [1.29, 1.82) is 5.26 Å². The van der Waals surface area contributed by atoms with Crippen molar-refractivity contribution >= 4 is 27.0 Å². The highest BCUT2D eigenvalue weighted by Crippen LogP contribution is 2.43. The summed E-state index contributed by atoms with van der Waals surface area (Å²) in [5, 5.41) is 12.8. The van der Waals surface area contributed by atoms with Crippen LogP contribution in [-0.4, -0.2) is 71.8 Å². The summed E-state index contributed by atoms with van der Waals surface area (Å²) < 4.78 is 35.7. The number of nitriles is 1. The fraction of sp³-hybridized carbons (Fsp3) is 0.594. The molecule has 2 saturated heterocycles. The van der Waals surface area contributed by atoms with Crippen LogP contribution in [-0.2, 0) is 13.6 Å². The molecule has 2 aromatic rings. The van der Waals surface area contributed by atoms with Crippen LogP contribution < -0.4 is 10.4 Å². The molecule has 2 fully saturated rings. The zero-order valence-electron chi connectivity index (χ0n) is 25.5. The highest BCUT2D eigenvalue weighted by atomic mass is 28.4. The number of ether oxygens (including phenoxy) is 1. The maximum atomic E-state index is 15.8. The second-order valence-electron chi connectivity index (χ2n) is 14.0. The number of nitrogens with zero attached hydrogens (tertiary/aromatic N) is 2. The molecule has 0 aliphatic carbocycles. The largest absolute Gasteiger partial charge is 0.411 e. The highest BCUT2D eigenvalue weighted by molar-refractivity contribution is 6.99. The Morgan fingerprint density at radius 1 is 0.925 bits per heavy atom. The van der Waals surface area contributed by atoms with Crippen LogP contribution in [0.25, 0.3) is 0 Å². The number of piperidine rings is 1. The minimum Gasteiger partial charge on any atom is -0.411 e. The number of halogens is 1. The maximum absolute atomic E-state index is 15.8. The Labute approximate surface area is 242 Å². The molecule has 0 unspecified atom stereocenters. The van der Waals surface area contributed by atoms with E-state index < -0.39 is 40.6 Å². The first-order valence-corrected chi connectivity index (χ1v) is 19.3. The van der Waals surface area contributed by atoms with E-state index in [9.17, 15) is 5.26 Å². The summed E-state index contributed by atoms with van der Waals surface area (Å²) >= 11 is 0. The van der Waals surface area contributed by atoms with E-state index in [1.165, 1.54) is 0 Å². The van der Waals surface area contributed by atoms with Gasteiger partial charge in [0.05, 0.1) is 25.4 Å². The summed E-state index contributed by atoms with van der Waals surface area (Å²) in [6.45, 7) is 18.7. The van der Waals surface area contributed by atoms with E-state index in [0.29, 0.717) is 19.6 Å². The van der Waals surface area contributed by atoms with E-state index >= 15 is 4.39 Å². The zero-order chi connectivity index (χ0) is 29.4. The summed E-state index contributed by atoms with van der Waals surface area (Å²) in [6.07, 6.45) is -1.61. The van der Waals surface area contributed by atoms with E-state index in [0.717, 1.165) is 10.4 Å². The van der Waals surface area contributed by atoms with Gasteiger partial charge >= 0.3 is 0 Å². The number of benzene rings is 2. The van der Waals surface area contributed by atoms with E-state index in [2.05, 4.69) is 109 Å². The van der Waals surface area contributed by atoms with Crippen LogP contribution in [0.3, 0.4) is 0 Å². The number of likely N-dealkylation sites (tertiary alicyclic amines) is 1. The number of hydrogen-bond donors (Lipinski definition) is 0. The van der Waals surface area contributed by atoms with Crippen molar-refractivity contribution in [2.75, 3.05) is 26.3 Å². The fourth-order valence-electron chi connectivity index (χ4n) is 5.99. The van der Waals surface area contributed by atoms with Crippen LogP contribution >= 0.6 is 0 Å². The van der Waals surface area contributed by atoms with Gasteiger partial charge in [0.25, 0.3) is 8.32 Å². The van der Waals surface area contributed by atoms with Crippen LogP contribution in [0.2, 0.25) is 23.2 Å². The predicted molar refractivity (Wildman–Crippen MR) is 165 cm³/mol. The van der Waals surface area contributed by atoms with Crippen molar-refractivity contribution < 1.29 is 18.0 Å². The summed E-state index contributed by atoms with van der Waals surface area (Å²) in [4.78, 5) is 1.98. The maximum Gasteiger partial charge on any atom is 0.261 e. The topological polar surface area (TPSA) is 54.7 Å². The third kappa shape index (κ3) is 5.61. The van der Waals surface area contributed by atoms with Crippen LogP contribution in [0.15, 0.2) is 60.7 Å². The Bertz CT molecular complexity index is 1140. The third-order valence-corrected chi connectivity index (χ3v) is 18.9. The number of hydrogen-bond acceptors (Lipinski definition) is 5. The Morgan fingerprint density at radius 2 is 1.48 bits per heavy atom. The van der Waals surface area contributed by atoms with Crippen molar-refractivity contribution in [1.82, 2.24) is 4.90 Å². The van der Waals surface area contributed by atoms with Crippen LogP contribution in [0.4, 0.5) is 4.39 Å². The molecule has 0 saturated carbocycles. The lowest BCUT2D eigenvalue weighted by Crippen LogP contribution is -2.71. The highest BCUT2D eigenvalue weighted by Gasteiger charge is 2.59. The Morgan fingerprint density at radius 3 is 1.93 bits per heavy atom. The Hall–Kier alpha value is -1.87. The van der Waals surface area contributed by atoms with E-state index in [1.54, 1.807) is 0 Å². The molecule has 0 amide bonds. The smallest absolute Gasteiger partial charge is 0.261 e. The SMILES string of the molecule is CC(C)(C)[Si](C)(C)O[C@H]1CCN([C@]2(C#N)COC[C@@H]2O[Si](c2ccccc2)(c2ccccc2)C(C)(C)C)C[C@H]1F. The summed E-state index contributed by atoms with van der Waals surface area (Å²) in [6, 6.07) is 23.4. The molecule has 0 aromatic heterocycles. The average Bonchev–Trinajstić information content (AvgIpc) is 3.31. The van der Waals surface area contributed by atoms with Gasteiger partial charge in [-0.3, -0.25) is 4.90 Å². The van der Waals surface area contributed by atoms with Gasteiger partial charge in [-0.05, 0) is 40.0 Å². The second-order valence-corrected chi connectivity index (χ2v) is 23.0. The summed E-state index contributed by atoms with van der Waals surface area (Å²) in [5.41, 5.74) is -1.07. The van der Waals surface area contributed by atoms with Crippen LogP contribution in [0.5, 0.6) is 0 Å². The molecule has 2 heterocycles. The summed E-state index contributed by atoms with van der Waals surface area (Å²) in [7, 11) is -5.06. The normalized spacial score (nSPS) is 26.9. The van der Waals surface area contributed by atoms with Gasteiger partial charge in [0.1, 0.15) is 12.3 Å². The summed E-state index contributed by atoms with van der Waals surface area (Å²) in [5.74, 6) is 0. The number of rotatable bonds is 7. The van der Waals surface area contributed by atoms with Gasteiger partial charge in [-0.15, -0.1) is 0 Å². The monoisotopic (exact) mass is 582 g/mol. The quantitative estimate of drug-likeness (QED) is 0.395. The molecule has 4 rings (SSSR count). The van der Waals surface area contributed by atoms with Gasteiger partial charge in [-0.2, -0.15) is 5.26 Å². The lowest BCUT2D eigenvalue weighted by atomic mass is 9.91. The molecule has 0 N–H and O–H groups in total. The van der Waals surface area contributed by atoms with Crippen molar-refractivity contribution in [2.24, 2.45) is 0 Å². The molecule has 5 nitrogen and oxygen atoms in total. The second kappa shape index (κ2) is 11.4. The molecule has 8 heteroatoms. The van der Waals surface area contributed by atoms with E-state index in [-0.39, 0.29) is 23.2 Å². The molecule has 40 heavy (non-hydrogen) atoms. The van der Waals surface area contributed by atoms with E-state index in [1.807, 2.05) is 17.0 Å². The first kappa shape index (κ1) is 31.1. The fourth-order valence-corrected chi connectivity index (χ4v) is 12.1. The molecule has 2 aromatic carbocycles. The first-order chi connectivity index (χ1) is 18.7. The van der Waals surface area contributed by atoms with Crippen molar-refractivity contribution in [3.05, 3.63) is 60.7 Å². The molecule has 2 aliphatic rings. The van der Waals surface area contributed by atoms with Crippen molar-refractivity contribution in [3.8, 4) is 6.07 Å². The van der Waals surface area contributed by atoms with Gasteiger partial charge in [0, 0.05) is 13.1 Å². The van der Waals surface area contributed by atoms with Gasteiger partial charge in [0.15, 0.2) is 13.9 Å². The van der Waals surface area contributed by atoms with Gasteiger partial charge < -0.3 is 13.6 Å². The minimum atomic E-state index is -2.94. The molecule has 0 radical (unpaired) electrons. The molecule has 0 spiro atoms. The number of alkyl halides is 1. The van der Waals surface area contributed by atoms with Gasteiger partial charge in [-0.1, -0.05) is 102 Å². The molecular weight excluding hydrogens is 536 g/mol. The van der Waals surface area contributed by atoms with Crippen LogP contribution in [0.1, 0.15) is 48.0 Å². The van der Waals surface area contributed by atoms with Crippen molar-refractivity contribution in [3.63, 3.8) is 0 Å². The lowest BCUT2D eigenvalue weighted by molar-refractivity contribution is -0.0385.